The molecule has 2 unspecified atom stereocenters. The maximum absolute atomic E-state index is 5.83. The van der Waals surface area contributed by atoms with Crippen LogP contribution < -0.4 is 9.47 Å². The van der Waals surface area contributed by atoms with Gasteiger partial charge in [-0.25, -0.2) is 0 Å². The molecule has 1 radical (unpaired) electrons. The Morgan fingerprint density at radius 1 is 0.773 bits per heavy atom. The van der Waals surface area contributed by atoms with Crippen molar-refractivity contribution >= 4 is 15.9 Å². The number of hydrogen-bond donors (Lipinski definition) is 0. The second kappa shape index (κ2) is 7.17. The summed E-state index contributed by atoms with van der Waals surface area (Å²) in [6.45, 7) is 0. The highest BCUT2D eigenvalue weighted by atomic mass is 27.2. The average molecular weight is 313 g/mol. The Morgan fingerprint density at radius 2 is 1.18 bits per heavy atom. The quantitative estimate of drug-likeness (QED) is 0.810. The van der Waals surface area contributed by atoms with Crippen molar-refractivity contribution in [2.75, 3.05) is 14.2 Å². The van der Waals surface area contributed by atoms with Crippen LogP contribution in [0.2, 0.25) is 0 Å². The van der Waals surface area contributed by atoms with Crippen molar-refractivity contribution in [3.63, 3.8) is 0 Å². The molecule has 0 aliphatic carbocycles. The lowest BCUT2D eigenvalue weighted by Gasteiger charge is -2.31. The summed E-state index contributed by atoms with van der Waals surface area (Å²) >= 11 is -0.460. The van der Waals surface area contributed by atoms with Crippen LogP contribution in [0.5, 0.6) is 11.5 Å². The monoisotopic (exact) mass is 313 g/mol. The lowest BCUT2D eigenvalue weighted by Crippen LogP contribution is -2.23. The first-order valence-electron chi connectivity index (χ1n) is 7.20. The summed E-state index contributed by atoms with van der Waals surface area (Å²) in [5.74, 6) is 1.71. The van der Waals surface area contributed by atoms with E-state index in [2.05, 4.69) is 24.3 Å². The minimum atomic E-state index is -0.460. The van der Waals surface area contributed by atoms with Gasteiger partial charge in [-0.3, -0.25) is 0 Å². The zero-order valence-electron chi connectivity index (χ0n) is 12.7. The normalized spacial score (nSPS) is 21.0. The predicted molar refractivity (Wildman–Crippen MR) is 84.0 cm³/mol. The average Bonchev–Trinajstić information content (AvgIpc) is 2.62. The summed E-state index contributed by atoms with van der Waals surface area (Å²) in [7, 11) is 3.34. The van der Waals surface area contributed by atoms with Gasteiger partial charge in [-0.05, 0) is 35.4 Å². The SMILES string of the molecule is COc1ccc(C2CC(c3ccc(OC)cc3)[O][Al][O]2)cc1. The smallest absolute Gasteiger partial charge is 0.497 e. The lowest BCUT2D eigenvalue weighted by molar-refractivity contribution is 0.0306. The molecule has 5 heteroatoms. The van der Waals surface area contributed by atoms with E-state index in [1.165, 1.54) is 0 Å². The molecule has 1 aliphatic heterocycles. The Hall–Kier alpha value is -1.51. The van der Waals surface area contributed by atoms with Gasteiger partial charge >= 0.3 is 15.9 Å². The number of rotatable bonds is 4. The highest BCUT2D eigenvalue weighted by Gasteiger charge is 2.27. The van der Waals surface area contributed by atoms with Crippen molar-refractivity contribution in [1.82, 2.24) is 0 Å². The van der Waals surface area contributed by atoms with Gasteiger partial charge in [0.05, 0.1) is 26.4 Å². The zero-order chi connectivity index (χ0) is 15.4. The molecular formula is C17H18AlO4. The number of methoxy groups -OCH3 is 2. The highest BCUT2D eigenvalue weighted by molar-refractivity contribution is 6.18. The Bertz CT molecular complexity index is 544. The molecule has 113 valence electrons. The molecule has 1 saturated heterocycles. The van der Waals surface area contributed by atoms with Gasteiger partial charge in [0.1, 0.15) is 11.5 Å². The van der Waals surface area contributed by atoms with Gasteiger partial charge in [-0.1, -0.05) is 24.3 Å². The first-order valence-corrected chi connectivity index (χ1v) is 8.15. The topological polar surface area (TPSA) is 36.9 Å². The van der Waals surface area contributed by atoms with Crippen molar-refractivity contribution in [1.29, 1.82) is 0 Å². The maximum atomic E-state index is 5.83. The van der Waals surface area contributed by atoms with E-state index in [0.717, 1.165) is 29.0 Å². The molecule has 0 saturated carbocycles. The molecular weight excluding hydrogens is 295 g/mol. The Balaban J connectivity index is 1.72. The summed E-state index contributed by atoms with van der Waals surface area (Å²) in [5.41, 5.74) is 2.32. The summed E-state index contributed by atoms with van der Waals surface area (Å²) in [6.07, 6.45) is 0.953. The van der Waals surface area contributed by atoms with Crippen LogP contribution in [0, 0.1) is 0 Å². The molecule has 0 amide bonds. The van der Waals surface area contributed by atoms with Crippen molar-refractivity contribution in [3.05, 3.63) is 59.7 Å². The molecule has 1 aliphatic rings. The third-order valence-corrected chi connectivity index (χ3v) is 4.72. The van der Waals surface area contributed by atoms with Crippen LogP contribution in [-0.4, -0.2) is 30.1 Å². The molecule has 2 aromatic carbocycles. The van der Waals surface area contributed by atoms with Crippen molar-refractivity contribution in [3.8, 4) is 11.5 Å². The van der Waals surface area contributed by atoms with Crippen molar-refractivity contribution < 1.29 is 17.1 Å². The summed E-state index contributed by atoms with van der Waals surface area (Å²) in [4.78, 5) is 0. The van der Waals surface area contributed by atoms with E-state index < -0.39 is 15.9 Å². The molecule has 4 nitrogen and oxygen atoms in total. The molecule has 0 spiro atoms. The summed E-state index contributed by atoms with van der Waals surface area (Å²) in [5, 5.41) is 0. The zero-order valence-corrected chi connectivity index (χ0v) is 13.8. The number of ether oxygens (including phenoxy) is 2. The molecule has 0 aromatic heterocycles. The van der Waals surface area contributed by atoms with Crippen LogP contribution in [0.15, 0.2) is 48.5 Å². The Morgan fingerprint density at radius 3 is 1.55 bits per heavy atom. The van der Waals surface area contributed by atoms with Crippen LogP contribution in [0.3, 0.4) is 0 Å². The first-order chi connectivity index (χ1) is 10.8. The molecule has 0 N–H and O–H groups in total. The number of benzene rings is 2. The van der Waals surface area contributed by atoms with Gasteiger partial charge in [0.15, 0.2) is 0 Å². The Kier molecular flexibility index (Phi) is 5.02. The van der Waals surface area contributed by atoms with E-state index in [4.69, 9.17) is 17.1 Å². The summed E-state index contributed by atoms with van der Waals surface area (Å²) < 4.78 is 22.1. The van der Waals surface area contributed by atoms with E-state index in [1.807, 2.05) is 24.3 Å². The van der Waals surface area contributed by atoms with E-state index >= 15 is 0 Å². The standard InChI is InChI=1S/C17H18O4.Al/c1-20-14-7-3-12(4-8-14)16(18)11-17(19)13-5-9-15(21-2)10-6-13;/h3-10,16-17H,11H2,1-2H3;/q-2;+2. The predicted octanol–water partition coefficient (Wildman–Crippen LogP) is 3.46. The fourth-order valence-corrected chi connectivity index (χ4v) is 3.41. The van der Waals surface area contributed by atoms with Crippen molar-refractivity contribution in [2.45, 2.75) is 18.6 Å². The molecule has 2 atom stereocenters. The third kappa shape index (κ3) is 3.45. The van der Waals surface area contributed by atoms with Crippen LogP contribution in [-0.2, 0) is 7.58 Å². The van der Waals surface area contributed by atoms with Crippen LogP contribution >= 0.6 is 0 Å². The van der Waals surface area contributed by atoms with Gasteiger partial charge in [0, 0.05) is 6.42 Å². The van der Waals surface area contributed by atoms with Crippen LogP contribution in [0.25, 0.3) is 0 Å². The van der Waals surface area contributed by atoms with Gasteiger partial charge < -0.3 is 17.1 Å². The van der Waals surface area contributed by atoms with Crippen molar-refractivity contribution in [2.24, 2.45) is 0 Å². The number of hydrogen-bond acceptors (Lipinski definition) is 4. The fourth-order valence-electron chi connectivity index (χ4n) is 2.54. The van der Waals surface area contributed by atoms with E-state index in [9.17, 15) is 0 Å². The Labute approximate surface area is 137 Å². The second-order valence-corrected chi connectivity index (χ2v) is 5.86. The second-order valence-electron chi connectivity index (χ2n) is 5.13. The van der Waals surface area contributed by atoms with Gasteiger partial charge in [0.2, 0.25) is 0 Å². The fraction of sp³-hybridized carbons (Fsp3) is 0.294. The molecule has 3 rings (SSSR count). The minimum absolute atomic E-state index is 0.0711. The largest absolute Gasteiger partial charge is 0.669 e. The maximum Gasteiger partial charge on any atom is 0.669 e. The van der Waals surface area contributed by atoms with Gasteiger partial charge in [0.25, 0.3) is 0 Å². The summed E-state index contributed by atoms with van der Waals surface area (Å²) in [6, 6.07) is 16.1. The molecule has 22 heavy (non-hydrogen) atoms. The molecule has 1 heterocycles. The van der Waals surface area contributed by atoms with Crippen LogP contribution in [0.1, 0.15) is 29.8 Å². The highest BCUT2D eigenvalue weighted by Crippen LogP contribution is 2.36. The first kappa shape index (κ1) is 15.4. The van der Waals surface area contributed by atoms with E-state index in [0.29, 0.717) is 0 Å². The molecule has 0 bridgehead atoms. The van der Waals surface area contributed by atoms with Gasteiger partial charge in [-0.15, -0.1) is 0 Å². The van der Waals surface area contributed by atoms with E-state index in [-0.39, 0.29) is 12.2 Å². The van der Waals surface area contributed by atoms with E-state index in [1.54, 1.807) is 14.2 Å². The minimum Gasteiger partial charge on any atom is -0.497 e. The van der Waals surface area contributed by atoms with Crippen LogP contribution in [0.4, 0.5) is 0 Å². The molecule has 1 fully saturated rings. The molecule has 2 aromatic rings. The van der Waals surface area contributed by atoms with Gasteiger partial charge in [-0.2, -0.15) is 0 Å². The lowest BCUT2D eigenvalue weighted by atomic mass is 9.98. The third-order valence-electron chi connectivity index (χ3n) is 3.84.